The van der Waals surface area contributed by atoms with Crippen molar-refractivity contribution < 1.29 is 24.1 Å². The van der Waals surface area contributed by atoms with Gasteiger partial charge in [-0.05, 0) is 47.0 Å². The molecule has 0 aliphatic carbocycles. The van der Waals surface area contributed by atoms with Crippen molar-refractivity contribution in [1.29, 1.82) is 0 Å². The second-order valence-corrected chi connectivity index (χ2v) is 5.48. The molecule has 0 aliphatic rings. The normalized spacial score (nSPS) is 10.4. The van der Waals surface area contributed by atoms with Gasteiger partial charge in [0.25, 0.3) is 0 Å². The fraction of sp³-hybridized carbons (Fsp3) is 0.0500. The van der Waals surface area contributed by atoms with E-state index in [9.17, 15) is 14.3 Å². The van der Waals surface area contributed by atoms with E-state index in [1.165, 1.54) is 30.3 Å². The third kappa shape index (κ3) is 3.95. The van der Waals surface area contributed by atoms with Crippen LogP contribution in [0.4, 0.5) is 4.39 Å². The van der Waals surface area contributed by atoms with E-state index in [1.54, 1.807) is 12.1 Å². The van der Waals surface area contributed by atoms with Gasteiger partial charge in [-0.2, -0.15) is 0 Å². The zero-order chi connectivity index (χ0) is 17.8. The summed E-state index contributed by atoms with van der Waals surface area (Å²) in [5.41, 5.74) is 2.57. The summed E-state index contributed by atoms with van der Waals surface area (Å²) in [7, 11) is 0. The Morgan fingerprint density at radius 3 is 2.12 bits per heavy atom. The lowest BCUT2D eigenvalue weighted by molar-refractivity contribution is 0.0693. The average Bonchev–Trinajstić information content (AvgIpc) is 2.62. The highest BCUT2D eigenvalue weighted by atomic mass is 19.1. The van der Waals surface area contributed by atoms with Crippen LogP contribution < -0.4 is 4.74 Å². The van der Waals surface area contributed by atoms with Gasteiger partial charge >= 0.3 is 5.97 Å². The molecule has 3 aromatic carbocycles. The Labute approximate surface area is 143 Å². The molecule has 3 aromatic rings. The third-order valence-corrected chi connectivity index (χ3v) is 3.74. The summed E-state index contributed by atoms with van der Waals surface area (Å²) in [4.78, 5) is 11.0. The summed E-state index contributed by atoms with van der Waals surface area (Å²) in [5, 5.41) is 18.5. The van der Waals surface area contributed by atoms with E-state index >= 15 is 0 Å². The topological polar surface area (TPSA) is 66.8 Å². The lowest BCUT2D eigenvalue weighted by Gasteiger charge is -2.09. The van der Waals surface area contributed by atoms with Gasteiger partial charge in [-0.15, -0.1) is 0 Å². The molecule has 0 saturated carbocycles. The zero-order valence-electron chi connectivity index (χ0n) is 13.1. The quantitative estimate of drug-likeness (QED) is 0.720. The van der Waals surface area contributed by atoms with Crippen molar-refractivity contribution >= 4 is 5.97 Å². The largest absolute Gasteiger partial charge is 0.507 e. The Kier molecular flexibility index (Phi) is 4.66. The Morgan fingerprint density at radius 2 is 1.52 bits per heavy atom. The van der Waals surface area contributed by atoms with Crippen molar-refractivity contribution in [3.8, 4) is 22.6 Å². The van der Waals surface area contributed by atoms with Crippen molar-refractivity contribution in [2.24, 2.45) is 0 Å². The molecule has 0 bridgehead atoms. The summed E-state index contributed by atoms with van der Waals surface area (Å²) in [6, 6.07) is 17.9. The SMILES string of the molecule is O=C(O)c1cc(OCc2ccc(-c3ccc(F)cc3)cc2)ccc1O. The highest BCUT2D eigenvalue weighted by molar-refractivity contribution is 5.91. The molecular formula is C20H15FO4. The van der Waals surface area contributed by atoms with E-state index < -0.39 is 5.97 Å². The fourth-order valence-corrected chi connectivity index (χ4v) is 2.38. The van der Waals surface area contributed by atoms with E-state index in [4.69, 9.17) is 9.84 Å². The summed E-state index contributed by atoms with van der Waals surface area (Å²) < 4.78 is 18.5. The van der Waals surface area contributed by atoms with Crippen LogP contribution in [0.15, 0.2) is 66.7 Å². The molecule has 0 spiro atoms. The predicted octanol–water partition coefficient (Wildman–Crippen LogP) is 4.48. The van der Waals surface area contributed by atoms with Crippen LogP contribution in [0.3, 0.4) is 0 Å². The molecule has 2 N–H and O–H groups in total. The van der Waals surface area contributed by atoms with Gasteiger partial charge in [-0.25, -0.2) is 9.18 Å². The van der Waals surface area contributed by atoms with Gasteiger partial charge in [0.1, 0.15) is 29.5 Å². The van der Waals surface area contributed by atoms with E-state index in [-0.39, 0.29) is 23.7 Å². The van der Waals surface area contributed by atoms with Crippen LogP contribution in [0.2, 0.25) is 0 Å². The van der Waals surface area contributed by atoms with Crippen molar-refractivity contribution in [2.45, 2.75) is 6.61 Å². The number of aromatic carboxylic acids is 1. The monoisotopic (exact) mass is 338 g/mol. The minimum absolute atomic E-state index is 0.204. The molecule has 5 heteroatoms. The zero-order valence-corrected chi connectivity index (χ0v) is 13.1. The molecule has 0 unspecified atom stereocenters. The maximum absolute atomic E-state index is 13.0. The maximum atomic E-state index is 13.0. The van der Waals surface area contributed by atoms with Crippen LogP contribution in [-0.4, -0.2) is 16.2 Å². The van der Waals surface area contributed by atoms with Gasteiger partial charge in [0.2, 0.25) is 0 Å². The molecule has 4 nitrogen and oxygen atoms in total. The van der Waals surface area contributed by atoms with Crippen LogP contribution >= 0.6 is 0 Å². The highest BCUT2D eigenvalue weighted by Gasteiger charge is 2.10. The Balaban J connectivity index is 1.69. The summed E-state index contributed by atoms with van der Waals surface area (Å²) in [6.07, 6.45) is 0. The first kappa shape index (κ1) is 16.5. The Morgan fingerprint density at radius 1 is 0.920 bits per heavy atom. The molecule has 0 heterocycles. The summed E-state index contributed by atoms with van der Waals surface area (Å²) in [6.45, 7) is 0.257. The first-order valence-electron chi connectivity index (χ1n) is 7.57. The maximum Gasteiger partial charge on any atom is 0.339 e. The minimum Gasteiger partial charge on any atom is -0.507 e. The Bertz CT molecular complexity index is 887. The number of hydrogen-bond acceptors (Lipinski definition) is 3. The average molecular weight is 338 g/mol. The highest BCUT2D eigenvalue weighted by Crippen LogP contribution is 2.24. The fourth-order valence-electron chi connectivity index (χ4n) is 2.38. The lowest BCUT2D eigenvalue weighted by Crippen LogP contribution is -2.00. The molecule has 0 amide bonds. The van der Waals surface area contributed by atoms with Crippen molar-refractivity contribution in [1.82, 2.24) is 0 Å². The number of carbonyl (C=O) groups is 1. The molecule has 0 atom stereocenters. The smallest absolute Gasteiger partial charge is 0.339 e. The van der Waals surface area contributed by atoms with Gasteiger partial charge in [0.15, 0.2) is 0 Å². The number of rotatable bonds is 5. The number of carboxylic acids is 1. The summed E-state index contributed by atoms with van der Waals surface area (Å²) in [5.74, 6) is -1.43. The minimum atomic E-state index is -1.22. The van der Waals surface area contributed by atoms with Crippen LogP contribution in [0, 0.1) is 5.82 Å². The molecule has 0 radical (unpaired) electrons. The van der Waals surface area contributed by atoms with Crippen molar-refractivity contribution in [3.05, 3.63) is 83.7 Å². The molecule has 3 rings (SSSR count). The standard InChI is InChI=1S/C20H15FO4/c21-16-7-5-15(6-8-16)14-3-1-13(2-4-14)12-25-17-9-10-19(22)18(11-17)20(23)24/h1-11,22H,12H2,(H,23,24). The first-order chi connectivity index (χ1) is 12.0. The Hall–Kier alpha value is -3.34. The number of benzene rings is 3. The molecule has 126 valence electrons. The molecular weight excluding hydrogens is 323 g/mol. The number of ether oxygens (including phenoxy) is 1. The summed E-state index contributed by atoms with van der Waals surface area (Å²) >= 11 is 0. The molecule has 0 aliphatic heterocycles. The number of aromatic hydroxyl groups is 1. The number of hydrogen-bond donors (Lipinski definition) is 2. The van der Waals surface area contributed by atoms with Gasteiger partial charge in [-0.3, -0.25) is 0 Å². The molecule has 0 fully saturated rings. The van der Waals surface area contributed by atoms with E-state index in [0.29, 0.717) is 5.75 Å². The van der Waals surface area contributed by atoms with Crippen LogP contribution in [0.5, 0.6) is 11.5 Å². The van der Waals surface area contributed by atoms with Crippen LogP contribution in [0.25, 0.3) is 11.1 Å². The second-order valence-electron chi connectivity index (χ2n) is 5.48. The van der Waals surface area contributed by atoms with Gasteiger partial charge in [-0.1, -0.05) is 36.4 Å². The molecule has 25 heavy (non-hydrogen) atoms. The van der Waals surface area contributed by atoms with Gasteiger partial charge in [0.05, 0.1) is 0 Å². The van der Waals surface area contributed by atoms with Crippen LogP contribution in [-0.2, 0) is 6.61 Å². The number of phenols is 1. The predicted molar refractivity (Wildman–Crippen MR) is 91.2 cm³/mol. The van der Waals surface area contributed by atoms with Gasteiger partial charge in [0, 0.05) is 0 Å². The lowest BCUT2D eigenvalue weighted by atomic mass is 10.0. The van der Waals surface area contributed by atoms with E-state index in [0.717, 1.165) is 16.7 Å². The second kappa shape index (κ2) is 7.05. The molecule has 0 aromatic heterocycles. The number of carboxylic acid groups (broad SMARTS) is 1. The van der Waals surface area contributed by atoms with Crippen molar-refractivity contribution in [3.63, 3.8) is 0 Å². The van der Waals surface area contributed by atoms with Crippen LogP contribution in [0.1, 0.15) is 15.9 Å². The van der Waals surface area contributed by atoms with Gasteiger partial charge < -0.3 is 14.9 Å². The number of halogens is 1. The van der Waals surface area contributed by atoms with Crippen molar-refractivity contribution in [2.75, 3.05) is 0 Å². The van der Waals surface area contributed by atoms with E-state index in [1.807, 2.05) is 24.3 Å². The molecule has 0 saturated heterocycles. The first-order valence-corrected chi connectivity index (χ1v) is 7.57. The third-order valence-electron chi connectivity index (χ3n) is 3.74. The van der Waals surface area contributed by atoms with E-state index in [2.05, 4.69) is 0 Å².